The highest BCUT2D eigenvalue weighted by Gasteiger charge is 2.23. The average molecular weight is 403 g/mol. The predicted octanol–water partition coefficient (Wildman–Crippen LogP) is 2.67. The minimum Gasteiger partial charge on any atom is -0.503 e. The third-order valence-corrected chi connectivity index (χ3v) is 5.55. The van der Waals surface area contributed by atoms with Gasteiger partial charge in [0.25, 0.3) is 5.56 Å². The summed E-state index contributed by atoms with van der Waals surface area (Å²) in [6.45, 7) is 2.72. The maximum atomic E-state index is 12.7. The minimum absolute atomic E-state index is 0.0595. The lowest BCUT2D eigenvalue weighted by atomic mass is 10.0. The van der Waals surface area contributed by atoms with E-state index in [1.165, 1.54) is 7.11 Å². The standard InChI is InChI=1S/C20H23ClN4O3/c1-28-17-9-12(8-14(21)18(17)26)10-25-7-5-15-13(11-25)20(27)24-19(23-15)16-4-2-3-6-22-16/h8-9,26H,2-7,10-11H2,1H3,(H,23,24,27). The number of benzene rings is 1. The summed E-state index contributed by atoms with van der Waals surface area (Å²) in [6, 6.07) is 3.49. The average Bonchev–Trinajstić information content (AvgIpc) is 2.71. The number of methoxy groups -OCH3 is 1. The number of rotatable bonds is 4. The summed E-state index contributed by atoms with van der Waals surface area (Å²) in [7, 11) is 1.49. The normalized spacial score (nSPS) is 17.1. The second-order valence-corrected chi connectivity index (χ2v) is 7.62. The molecule has 2 aromatic rings. The minimum atomic E-state index is -0.0840. The second-order valence-electron chi connectivity index (χ2n) is 7.21. The molecule has 0 spiro atoms. The maximum Gasteiger partial charge on any atom is 0.255 e. The molecule has 0 fully saturated rings. The quantitative estimate of drug-likeness (QED) is 0.820. The molecule has 3 heterocycles. The third-order valence-electron chi connectivity index (χ3n) is 5.26. The molecule has 0 saturated carbocycles. The zero-order valence-corrected chi connectivity index (χ0v) is 16.6. The number of aromatic amines is 1. The van der Waals surface area contributed by atoms with Crippen molar-refractivity contribution in [3.63, 3.8) is 0 Å². The van der Waals surface area contributed by atoms with E-state index in [-0.39, 0.29) is 16.3 Å². The van der Waals surface area contributed by atoms with Crippen LogP contribution in [-0.2, 0) is 19.5 Å². The Labute approximate surface area is 168 Å². The smallest absolute Gasteiger partial charge is 0.255 e. The molecule has 2 aliphatic heterocycles. The van der Waals surface area contributed by atoms with E-state index >= 15 is 0 Å². The van der Waals surface area contributed by atoms with Crippen LogP contribution in [0.2, 0.25) is 5.02 Å². The summed E-state index contributed by atoms with van der Waals surface area (Å²) < 4.78 is 5.17. The van der Waals surface area contributed by atoms with E-state index in [2.05, 4.69) is 14.9 Å². The van der Waals surface area contributed by atoms with Crippen LogP contribution in [-0.4, -0.2) is 45.9 Å². The Morgan fingerprint density at radius 2 is 2.18 bits per heavy atom. The highest BCUT2D eigenvalue weighted by atomic mass is 35.5. The molecule has 1 aromatic carbocycles. The fourth-order valence-electron chi connectivity index (χ4n) is 3.78. The molecular formula is C20H23ClN4O3. The SMILES string of the molecule is COc1cc(CN2CCc3nc(C4=NCCCC4)[nH]c(=O)c3C2)cc(Cl)c1O. The number of phenolic OH excluding ortho intramolecular Hbond substituents is 1. The number of hydrogen-bond acceptors (Lipinski definition) is 6. The lowest BCUT2D eigenvalue weighted by Gasteiger charge is -2.28. The lowest BCUT2D eigenvalue weighted by molar-refractivity contribution is 0.241. The van der Waals surface area contributed by atoms with Crippen LogP contribution in [0.3, 0.4) is 0 Å². The molecule has 0 bridgehead atoms. The summed E-state index contributed by atoms with van der Waals surface area (Å²) >= 11 is 6.09. The van der Waals surface area contributed by atoms with Crippen molar-refractivity contribution in [2.75, 3.05) is 20.2 Å². The summed E-state index contributed by atoms with van der Waals surface area (Å²) in [5.41, 5.74) is 3.33. The highest BCUT2D eigenvalue weighted by Crippen LogP contribution is 2.35. The van der Waals surface area contributed by atoms with E-state index in [1.54, 1.807) is 12.1 Å². The fraction of sp³-hybridized carbons (Fsp3) is 0.450. The van der Waals surface area contributed by atoms with Crippen molar-refractivity contribution in [3.8, 4) is 11.5 Å². The van der Waals surface area contributed by atoms with Gasteiger partial charge in [0.1, 0.15) is 0 Å². The molecule has 28 heavy (non-hydrogen) atoms. The van der Waals surface area contributed by atoms with Crippen LogP contribution in [0.4, 0.5) is 0 Å². The van der Waals surface area contributed by atoms with Crippen LogP contribution >= 0.6 is 11.6 Å². The maximum absolute atomic E-state index is 12.7. The van der Waals surface area contributed by atoms with Gasteiger partial charge in [0.2, 0.25) is 0 Å². The molecule has 0 aliphatic carbocycles. The molecule has 7 nitrogen and oxygen atoms in total. The molecule has 2 aliphatic rings. The van der Waals surface area contributed by atoms with Gasteiger partial charge in [-0.25, -0.2) is 4.98 Å². The first-order valence-electron chi connectivity index (χ1n) is 9.48. The Kier molecular flexibility index (Phi) is 5.37. The van der Waals surface area contributed by atoms with Crippen molar-refractivity contribution >= 4 is 17.3 Å². The highest BCUT2D eigenvalue weighted by molar-refractivity contribution is 6.32. The number of H-pyrrole nitrogens is 1. The fourth-order valence-corrected chi connectivity index (χ4v) is 4.01. The number of hydrogen-bond donors (Lipinski definition) is 2. The molecule has 4 rings (SSSR count). The van der Waals surface area contributed by atoms with Gasteiger partial charge in [-0.05, 0) is 37.0 Å². The van der Waals surface area contributed by atoms with Gasteiger partial charge in [0.05, 0.1) is 29.1 Å². The van der Waals surface area contributed by atoms with E-state index < -0.39 is 0 Å². The first kappa shape index (κ1) is 19.0. The van der Waals surface area contributed by atoms with Gasteiger partial charge in [-0.15, -0.1) is 0 Å². The number of aromatic nitrogens is 2. The van der Waals surface area contributed by atoms with E-state index in [0.29, 0.717) is 36.6 Å². The Balaban J connectivity index is 1.55. The largest absolute Gasteiger partial charge is 0.503 e. The van der Waals surface area contributed by atoms with Crippen molar-refractivity contribution in [1.82, 2.24) is 14.9 Å². The Bertz CT molecular complexity index is 986. The van der Waals surface area contributed by atoms with Crippen LogP contribution in [0.1, 0.15) is 41.9 Å². The van der Waals surface area contributed by atoms with Crippen molar-refractivity contribution < 1.29 is 9.84 Å². The summed E-state index contributed by atoms with van der Waals surface area (Å²) in [6.07, 6.45) is 3.77. The molecule has 0 unspecified atom stereocenters. The number of ether oxygens (including phenoxy) is 1. The molecule has 0 amide bonds. The number of aromatic hydroxyl groups is 1. The van der Waals surface area contributed by atoms with Gasteiger partial charge in [0, 0.05) is 32.6 Å². The van der Waals surface area contributed by atoms with E-state index in [1.807, 2.05) is 0 Å². The van der Waals surface area contributed by atoms with Crippen molar-refractivity contribution in [2.45, 2.75) is 38.8 Å². The number of nitrogens with zero attached hydrogens (tertiary/aromatic N) is 3. The van der Waals surface area contributed by atoms with Crippen molar-refractivity contribution in [1.29, 1.82) is 0 Å². The van der Waals surface area contributed by atoms with Crippen LogP contribution < -0.4 is 10.3 Å². The molecule has 8 heteroatoms. The van der Waals surface area contributed by atoms with Gasteiger partial charge in [-0.3, -0.25) is 14.7 Å². The van der Waals surface area contributed by atoms with Gasteiger partial charge < -0.3 is 14.8 Å². The molecule has 0 radical (unpaired) electrons. The monoisotopic (exact) mass is 402 g/mol. The van der Waals surface area contributed by atoms with Crippen LogP contribution in [0.15, 0.2) is 21.9 Å². The summed E-state index contributed by atoms with van der Waals surface area (Å²) in [5.74, 6) is 0.917. The molecular weight excluding hydrogens is 380 g/mol. The van der Waals surface area contributed by atoms with Crippen LogP contribution in [0, 0.1) is 0 Å². The Morgan fingerprint density at radius 1 is 1.32 bits per heavy atom. The number of fused-ring (bicyclic) bond motifs is 1. The third kappa shape index (κ3) is 3.77. The van der Waals surface area contributed by atoms with Crippen molar-refractivity contribution in [3.05, 3.63) is 50.2 Å². The molecule has 2 N–H and O–H groups in total. The number of nitrogens with one attached hydrogen (secondary N) is 1. The molecule has 148 valence electrons. The summed E-state index contributed by atoms with van der Waals surface area (Å²) in [5, 5.41) is 10.1. The number of phenols is 1. The van der Waals surface area contributed by atoms with Crippen LogP contribution in [0.25, 0.3) is 0 Å². The second kappa shape index (κ2) is 7.93. The Hall–Kier alpha value is -2.38. The topological polar surface area (TPSA) is 90.8 Å². The van der Waals surface area contributed by atoms with Gasteiger partial charge in [-0.2, -0.15) is 0 Å². The van der Waals surface area contributed by atoms with Crippen molar-refractivity contribution in [2.24, 2.45) is 4.99 Å². The Morgan fingerprint density at radius 3 is 2.93 bits per heavy atom. The van der Waals surface area contributed by atoms with Crippen LogP contribution in [0.5, 0.6) is 11.5 Å². The van der Waals surface area contributed by atoms with E-state index in [4.69, 9.17) is 21.3 Å². The number of aliphatic imine (C=N–C) groups is 1. The zero-order valence-electron chi connectivity index (χ0n) is 15.8. The molecule has 0 atom stereocenters. The number of halogens is 1. The predicted molar refractivity (Wildman–Crippen MR) is 108 cm³/mol. The lowest BCUT2D eigenvalue weighted by Crippen LogP contribution is -2.36. The molecule has 1 aromatic heterocycles. The molecule has 0 saturated heterocycles. The zero-order chi connectivity index (χ0) is 19.7. The van der Waals surface area contributed by atoms with E-state index in [0.717, 1.165) is 49.3 Å². The van der Waals surface area contributed by atoms with E-state index in [9.17, 15) is 9.90 Å². The summed E-state index contributed by atoms with van der Waals surface area (Å²) in [4.78, 5) is 27.0. The van der Waals surface area contributed by atoms with Gasteiger partial charge in [0.15, 0.2) is 17.3 Å². The first-order chi connectivity index (χ1) is 13.5. The first-order valence-corrected chi connectivity index (χ1v) is 9.86. The van der Waals surface area contributed by atoms with Gasteiger partial charge >= 0.3 is 0 Å². The van der Waals surface area contributed by atoms with Gasteiger partial charge in [-0.1, -0.05) is 11.6 Å².